The molecule has 94 valence electrons. The van der Waals surface area contributed by atoms with Gasteiger partial charge in [0.25, 0.3) is 0 Å². The predicted octanol–water partition coefficient (Wildman–Crippen LogP) is 3.37. The molecule has 2 N–H and O–H groups in total. The molecule has 1 aliphatic carbocycles. The van der Waals surface area contributed by atoms with Crippen molar-refractivity contribution in [3.05, 3.63) is 30.2 Å². The van der Waals surface area contributed by atoms with E-state index in [0.29, 0.717) is 11.8 Å². The standard InChI is InChI=1S/C14H17N3O/c15-14-12(10-6-8-16-9-7-10)13(17-18-14)11-4-2-1-3-5-11/h6-9,11H,1-5,15H2. The minimum Gasteiger partial charge on any atom is -0.367 e. The summed E-state index contributed by atoms with van der Waals surface area (Å²) in [6, 6.07) is 3.91. The van der Waals surface area contributed by atoms with Crippen molar-refractivity contribution in [3.63, 3.8) is 0 Å². The van der Waals surface area contributed by atoms with Crippen molar-refractivity contribution in [2.75, 3.05) is 5.73 Å². The van der Waals surface area contributed by atoms with Gasteiger partial charge in [0, 0.05) is 18.3 Å². The Morgan fingerprint density at radius 1 is 1.11 bits per heavy atom. The summed E-state index contributed by atoms with van der Waals surface area (Å²) in [5, 5.41) is 4.20. The lowest BCUT2D eigenvalue weighted by Gasteiger charge is -2.20. The van der Waals surface area contributed by atoms with Crippen LogP contribution in [0.25, 0.3) is 11.1 Å². The first-order valence-corrected chi connectivity index (χ1v) is 6.51. The Morgan fingerprint density at radius 2 is 1.83 bits per heavy atom. The van der Waals surface area contributed by atoms with Crippen LogP contribution in [0.1, 0.15) is 43.7 Å². The third-order valence-electron chi connectivity index (χ3n) is 3.71. The van der Waals surface area contributed by atoms with E-state index in [1.807, 2.05) is 12.1 Å². The lowest BCUT2D eigenvalue weighted by atomic mass is 9.84. The summed E-state index contributed by atoms with van der Waals surface area (Å²) in [6.45, 7) is 0. The molecule has 1 aliphatic rings. The fourth-order valence-electron chi connectivity index (χ4n) is 2.78. The van der Waals surface area contributed by atoms with Crippen molar-refractivity contribution in [1.82, 2.24) is 10.1 Å². The van der Waals surface area contributed by atoms with E-state index < -0.39 is 0 Å². The molecule has 0 radical (unpaired) electrons. The Hall–Kier alpha value is -1.84. The second kappa shape index (κ2) is 4.80. The highest BCUT2D eigenvalue weighted by atomic mass is 16.5. The van der Waals surface area contributed by atoms with E-state index in [9.17, 15) is 0 Å². The zero-order chi connectivity index (χ0) is 12.4. The number of rotatable bonds is 2. The average molecular weight is 243 g/mol. The molecular weight excluding hydrogens is 226 g/mol. The Kier molecular flexibility index (Phi) is 3.00. The maximum Gasteiger partial charge on any atom is 0.230 e. The summed E-state index contributed by atoms with van der Waals surface area (Å²) >= 11 is 0. The second-order valence-corrected chi connectivity index (χ2v) is 4.88. The molecule has 0 bridgehead atoms. The van der Waals surface area contributed by atoms with E-state index >= 15 is 0 Å². The maximum atomic E-state index is 5.93. The lowest BCUT2D eigenvalue weighted by molar-refractivity contribution is 0.388. The number of hydrogen-bond donors (Lipinski definition) is 1. The first kappa shape index (κ1) is 11.3. The minimum atomic E-state index is 0.418. The van der Waals surface area contributed by atoms with Gasteiger partial charge in [0.1, 0.15) is 0 Å². The Morgan fingerprint density at radius 3 is 2.56 bits per heavy atom. The Balaban J connectivity index is 2.01. The molecule has 0 atom stereocenters. The first-order valence-electron chi connectivity index (χ1n) is 6.51. The third kappa shape index (κ3) is 1.98. The highest BCUT2D eigenvalue weighted by molar-refractivity contribution is 5.75. The van der Waals surface area contributed by atoms with E-state index in [0.717, 1.165) is 16.8 Å². The van der Waals surface area contributed by atoms with E-state index in [1.54, 1.807) is 12.4 Å². The van der Waals surface area contributed by atoms with Gasteiger partial charge in [-0.3, -0.25) is 4.98 Å². The van der Waals surface area contributed by atoms with Crippen LogP contribution in [0.2, 0.25) is 0 Å². The molecule has 18 heavy (non-hydrogen) atoms. The number of anilines is 1. The molecule has 2 aromatic heterocycles. The van der Waals surface area contributed by atoms with Crippen molar-refractivity contribution in [2.45, 2.75) is 38.0 Å². The van der Waals surface area contributed by atoms with Gasteiger partial charge < -0.3 is 10.3 Å². The number of hydrogen-bond acceptors (Lipinski definition) is 4. The first-order chi connectivity index (χ1) is 8.86. The average Bonchev–Trinajstić information content (AvgIpc) is 2.83. The zero-order valence-corrected chi connectivity index (χ0v) is 10.3. The topological polar surface area (TPSA) is 64.9 Å². The van der Waals surface area contributed by atoms with Crippen LogP contribution in [0.5, 0.6) is 0 Å². The molecule has 4 heteroatoms. The molecule has 1 fully saturated rings. The van der Waals surface area contributed by atoms with Crippen LogP contribution in [0.3, 0.4) is 0 Å². The molecule has 1 saturated carbocycles. The van der Waals surface area contributed by atoms with Gasteiger partial charge in [-0.05, 0) is 30.5 Å². The Bertz CT molecular complexity index is 515. The van der Waals surface area contributed by atoms with Gasteiger partial charge in [-0.1, -0.05) is 24.4 Å². The van der Waals surface area contributed by atoms with Crippen LogP contribution in [0.15, 0.2) is 29.0 Å². The predicted molar refractivity (Wildman–Crippen MR) is 70.0 cm³/mol. The van der Waals surface area contributed by atoms with Crippen molar-refractivity contribution in [1.29, 1.82) is 0 Å². The number of nitrogen functional groups attached to an aromatic ring is 1. The fraction of sp³-hybridized carbons (Fsp3) is 0.429. The SMILES string of the molecule is Nc1onc(C2CCCCC2)c1-c1ccncc1. The summed E-state index contributed by atoms with van der Waals surface area (Å²) in [5.41, 5.74) is 8.96. The fourth-order valence-corrected chi connectivity index (χ4v) is 2.78. The van der Waals surface area contributed by atoms with Crippen LogP contribution in [-0.2, 0) is 0 Å². The highest BCUT2D eigenvalue weighted by Gasteiger charge is 2.25. The number of pyridine rings is 1. The molecular formula is C14H17N3O. The summed E-state index contributed by atoms with van der Waals surface area (Å²) < 4.78 is 5.21. The van der Waals surface area contributed by atoms with E-state index in [2.05, 4.69) is 10.1 Å². The van der Waals surface area contributed by atoms with Gasteiger partial charge in [-0.2, -0.15) is 0 Å². The van der Waals surface area contributed by atoms with Crippen molar-refractivity contribution in [2.24, 2.45) is 0 Å². The maximum absolute atomic E-state index is 5.93. The molecule has 0 aromatic carbocycles. The molecule has 4 nitrogen and oxygen atoms in total. The van der Waals surface area contributed by atoms with E-state index in [1.165, 1.54) is 32.1 Å². The molecule has 0 unspecified atom stereocenters. The number of nitrogens with zero attached hydrogens (tertiary/aromatic N) is 2. The molecule has 0 saturated heterocycles. The molecule has 0 spiro atoms. The van der Waals surface area contributed by atoms with Crippen LogP contribution in [-0.4, -0.2) is 10.1 Å². The Labute approximate surface area is 106 Å². The number of nitrogens with two attached hydrogens (primary N) is 1. The van der Waals surface area contributed by atoms with E-state index in [4.69, 9.17) is 10.3 Å². The van der Waals surface area contributed by atoms with Crippen LogP contribution in [0.4, 0.5) is 5.88 Å². The van der Waals surface area contributed by atoms with Crippen molar-refractivity contribution in [3.8, 4) is 11.1 Å². The van der Waals surface area contributed by atoms with Gasteiger partial charge in [0.15, 0.2) is 0 Å². The summed E-state index contributed by atoms with van der Waals surface area (Å²) in [4.78, 5) is 4.04. The zero-order valence-electron chi connectivity index (χ0n) is 10.3. The quantitative estimate of drug-likeness (QED) is 0.878. The smallest absolute Gasteiger partial charge is 0.230 e. The van der Waals surface area contributed by atoms with Gasteiger partial charge >= 0.3 is 0 Å². The molecule has 0 aliphatic heterocycles. The van der Waals surface area contributed by atoms with Gasteiger partial charge in [0.2, 0.25) is 5.88 Å². The van der Waals surface area contributed by atoms with Crippen molar-refractivity contribution >= 4 is 5.88 Å². The summed E-state index contributed by atoms with van der Waals surface area (Å²) in [5.74, 6) is 0.907. The lowest BCUT2D eigenvalue weighted by Crippen LogP contribution is -2.06. The van der Waals surface area contributed by atoms with Gasteiger partial charge in [-0.25, -0.2) is 0 Å². The van der Waals surface area contributed by atoms with E-state index in [-0.39, 0.29) is 0 Å². The molecule has 3 rings (SSSR count). The summed E-state index contributed by atoms with van der Waals surface area (Å²) in [7, 11) is 0. The third-order valence-corrected chi connectivity index (χ3v) is 3.71. The van der Waals surface area contributed by atoms with Crippen molar-refractivity contribution < 1.29 is 4.52 Å². The van der Waals surface area contributed by atoms with Crippen LogP contribution < -0.4 is 5.73 Å². The van der Waals surface area contributed by atoms with Gasteiger partial charge in [0.05, 0.1) is 11.3 Å². The minimum absolute atomic E-state index is 0.418. The number of aromatic nitrogens is 2. The highest BCUT2D eigenvalue weighted by Crippen LogP contribution is 2.39. The molecule has 2 aromatic rings. The normalized spacial score (nSPS) is 16.9. The van der Waals surface area contributed by atoms with Crippen LogP contribution >= 0.6 is 0 Å². The molecule has 0 amide bonds. The summed E-state index contributed by atoms with van der Waals surface area (Å²) in [6.07, 6.45) is 9.78. The van der Waals surface area contributed by atoms with Gasteiger partial charge in [-0.15, -0.1) is 0 Å². The largest absolute Gasteiger partial charge is 0.367 e. The second-order valence-electron chi connectivity index (χ2n) is 4.88. The van der Waals surface area contributed by atoms with Crippen LogP contribution in [0, 0.1) is 0 Å². The monoisotopic (exact) mass is 243 g/mol. The molecule has 2 heterocycles.